The lowest BCUT2D eigenvalue weighted by atomic mass is 10.2. The molecule has 18 heavy (non-hydrogen) atoms. The zero-order valence-electron chi connectivity index (χ0n) is 10.4. The van der Waals surface area contributed by atoms with Gasteiger partial charge in [-0.25, -0.2) is 0 Å². The maximum absolute atomic E-state index is 11.9. The molecular weight excluding hydrogens is 232 g/mol. The molecule has 2 rings (SSSR count). The average Bonchev–Trinajstić information content (AvgIpc) is 2.92. The predicted molar refractivity (Wildman–Crippen MR) is 67.0 cm³/mol. The van der Waals surface area contributed by atoms with E-state index in [2.05, 4.69) is 15.5 Å². The summed E-state index contributed by atoms with van der Waals surface area (Å²) in [7, 11) is 0. The van der Waals surface area contributed by atoms with Crippen LogP contribution in [0.4, 0.5) is 5.69 Å². The lowest BCUT2D eigenvalue weighted by molar-refractivity contribution is 0.0943. The van der Waals surface area contributed by atoms with Crippen molar-refractivity contribution in [3.05, 3.63) is 35.0 Å². The Balaban J connectivity index is 2.01. The number of nitrogens with one attached hydrogen (secondary N) is 2. The van der Waals surface area contributed by atoms with Crippen molar-refractivity contribution in [2.75, 3.05) is 5.73 Å². The highest BCUT2D eigenvalue weighted by Gasteiger charge is 2.16. The monoisotopic (exact) mass is 248 g/mol. The third-order valence-electron chi connectivity index (χ3n) is 2.67. The fourth-order valence-electron chi connectivity index (χ4n) is 1.66. The van der Waals surface area contributed by atoms with Crippen LogP contribution >= 0.6 is 0 Å². The van der Waals surface area contributed by atoms with Crippen molar-refractivity contribution < 1.29 is 9.21 Å². The number of rotatable bonds is 4. The number of hydrogen-bond donors (Lipinski definition) is 3. The number of H-pyrrole nitrogens is 1. The fourth-order valence-corrected chi connectivity index (χ4v) is 1.66. The smallest absolute Gasteiger partial charge is 0.274 e. The van der Waals surface area contributed by atoms with E-state index in [9.17, 15) is 4.79 Å². The van der Waals surface area contributed by atoms with Gasteiger partial charge in [-0.3, -0.25) is 9.89 Å². The van der Waals surface area contributed by atoms with Gasteiger partial charge < -0.3 is 15.5 Å². The Morgan fingerprint density at radius 1 is 1.56 bits per heavy atom. The number of furan rings is 1. The van der Waals surface area contributed by atoms with E-state index in [0.717, 1.165) is 11.5 Å². The van der Waals surface area contributed by atoms with Gasteiger partial charge in [-0.2, -0.15) is 5.10 Å². The highest BCUT2D eigenvalue weighted by molar-refractivity contribution is 5.97. The molecule has 0 aliphatic rings. The second kappa shape index (κ2) is 4.95. The molecule has 6 heteroatoms. The van der Waals surface area contributed by atoms with Crippen LogP contribution in [0.25, 0.3) is 0 Å². The van der Waals surface area contributed by atoms with E-state index in [1.54, 1.807) is 0 Å². The van der Waals surface area contributed by atoms with Crippen LogP contribution in [0, 0.1) is 6.92 Å². The van der Waals surface area contributed by atoms with Crippen molar-refractivity contribution in [1.29, 1.82) is 0 Å². The maximum atomic E-state index is 11.9. The number of hydrogen-bond acceptors (Lipinski definition) is 4. The minimum absolute atomic E-state index is 0.232. The molecule has 96 valence electrons. The van der Waals surface area contributed by atoms with E-state index in [0.29, 0.717) is 24.4 Å². The number of carbonyl (C=O) groups is 1. The maximum Gasteiger partial charge on any atom is 0.274 e. The van der Waals surface area contributed by atoms with Gasteiger partial charge in [0.15, 0.2) is 5.69 Å². The molecular formula is C12H16N4O2. The second-order valence-corrected chi connectivity index (χ2v) is 4.01. The van der Waals surface area contributed by atoms with Gasteiger partial charge in [0.25, 0.3) is 5.91 Å². The SMILES string of the molecule is CCc1[nH]nc(C(=O)NCc2ccc(C)o2)c1N. The Bertz CT molecular complexity index is 556. The van der Waals surface area contributed by atoms with Crippen molar-refractivity contribution in [2.45, 2.75) is 26.8 Å². The topological polar surface area (TPSA) is 96.9 Å². The molecule has 0 radical (unpaired) electrons. The number of amides is 1. The summed E-state index contributed by atoms with van der Waals surface area (Å²) in [6, 6.07) is 3.67. The van der Waals surface area contributed by atoms with Gasteiger partial charge >= 0.3 is 0 Å². The Kier molecular flexibility index (Phi) is 3.36. The summed E-state index contributed by atoms with van der Waals surface area (Å²) in [5.74, 6) is 1.20. The van der Waals surface area contributed by atoms with E-state index in [4.69, 9.17) is 10.2 Å². The number of nitrogen functional groups attached to an aromatic ring is 1. The zero-order chi connectivity index (χ0) is 13.1. The van der Waals surface area contributed by atoms with Crippen LogP contribution < -0.4 is 11.1 Å². The molecule has 0 atom stereocenters. The minimum Gasteiger partial charge on any atom is -0.465 e. The summed E-state index contributed by atoms with van der Waals surface area (Å²) in [6.45, 7) is 4.11. The van der Waals surface area contributed by atoms with Gasteiger partial charge in [0.2, 0.25) is 0 Å². The summed E-state index contributed by atoms with van der Waals surface area (Å²) in [5.41, 5.74) is 7.22. The molecule has 2 aromatic heterocycles. The number of anilines is 1. The van der Waals surface area contributed by atoms with E-state index < -0.39 is 0 Å². The van der Waals surface area contributed by atoms with Crippen LogP contribution in [0.1, 0.15) is 34.6 Å². The van der Waals surface area contributed by atoms with E-state index in [-0.39, 0.29) is 11.6 Å². The molecule has 0 fully saturated rings. The van der Waals surface area contributed by atoms with Gasteiger partial charge in [-0.15, -0.1) is 0 Å². The highest BCUT2D eigenvalue weighted by Crippen LogP contribution is 2.14. The first kappa shape index (κ1) is 12.2. The second-order valence-electron chi connectivity index (χ2n) is 4.01. The molecule has 0 aliphatic heterocycles. The average molecular weight is 248 g/mol. The van der Waals surface area contributed by atoms with Crippen LogP contribution in [0.5, 0.6) is 0 Å². The third kappa shape index (κ3) is 2.37. The lowest BCUT2D eigenvalue weighted by Crippen LogP contribution is -2.23. The van der Waals surface area contributed by atoms with Crippen molar-refractivity contribution in [3.8, 4) is 0 Å². The summed E-state index contributed by atoms with van der Waals surface area (Å²) in [5, 5.41) is 9.37. The molecule has 0 aromatic carbocycles. The number of nitrogens with two attached hydrogens (primary N) is 1. The van der Waals surface area contributed by atoms with Crippen molar-refractivity contribution >= 4 is 11.6 Å². The van der Waals surface area contributed by atoms with Gasteiger partial charge in [0.05, 0.1) is 17.9 Å². The van der Waals surface area contributed by atoms with Gasteiger partial charge in [0.1, 0.15) is 11.5 Å². The number of carbonyl (C=O) groups excluding carboxylic acids is 1. The quantitative estimate of drug-likeness (QED) is 0.761. The number of aromatic amines is 1. The number of aryl methyl sites for hydroxylation is 2. The van der Waals surface area contributed by atoms with Crippen LogP contribution in [-0.2, 0) is 13.0 Å². The third-order valence-corrected chi connectivity index (χ3v) is 2.67. The Morgan fingerprint density at radius 3 is 2.89 bits per heavy atom. The zero-order valence-corrected chi connectivity index (χ0v) is 10.4. The first-order valence-electron chi connectivity index (χ1n) is 5.78. The largest absolute Gasteiger partial charge is 0.465 e. The molecule has 0 bridgehead atoms. The summed E-state index contributed by atoms with van der Waals surface area (Å²) in [6.07, 6.45) is 0.712. The number of nitrogens with zero attached hydrogens (tertiary/aromatic N) is 1. The predicted octanol–water partition coefficient (Wildman–Crippen LogP) is 1.39. The fraction of sp³-hybridized carbons (Fsp3) is 0.333. The minimum atomic E-state index is -0.308. The molecule has 1 amide bonds. The molecule has 6 nitrogen and oxygen atoms in total. The van der Waals surface area contributed by atoms with Crippen molar-refractivity contribution in [2.24, 2.45) is 0 Å². The molecule has 4 N–H and O–H groups in total. The molecule has 0 unspecified atom stereocenters. The van der Waals surface area contributed by atoms with Gasteiger partial charge in [0, 0.05) is 0 Å². The standard InChI is InChI=1S/C12H16N4O2/c1-3-9-10(13)11(16-15-9)12(17)14-6-8-5-4-7(2)18-8/h4-5H,3,6,13H2,1-2H3,(H,14,17)(H,15,16). The van der Waals surface area contributed by atoms with Crippen LogP contribution in [0.2, 0.25) is 0 Å². The van der Waals surface area contributed by atoms with E-state index >= 15 is 0 Å². The normalized spacial score (nSPS) is 10.6. The number of aromatic nitrogens is 2. The highest BCUT2D eigenvalue weighted by atomic mass is 16.3. The molecule has 0 spiro atoms. The Hall–Kier alpha value is -2.24. The summed E-state index contributed by atoms with van der Waals surface area (Å²) >= 11 is 0. The van der Waals surface area contributed by atoms with E-state index in [1.165, 1.54) is 0 Å². The first-order chi connectivity index (χ1) is 8.61. The van der Waals surface area contributed by atoms with Crippen LogP contribution in [0.3, 0.4) is 0 Å². The lowest BCUT2D eigenvalue weighted by Gasteiger charge is -2.01. The van der Waals surface area contributed by atoms with Crippen LogP contribution in [0.15, 0.2) is 16.5 Å². The molecule has 0 aliphatic carbocycles. The van der Waals surface area contributed by atoms with Gasteiger partial charge in [-0.1, -0.05) is 6.92 Å². The van der Waals surface area contributed by atoms with Crippen LogP contribution in [-0.4, -0.2) is 16.1 Å². The van der Waals surface area contributed by atoms with Crippen molar-refractivity contribution in [1.82, 2.24) is 15.5 Å². The van der Waals surface area contributed by atoms with Crippen molar-refractivity contribution in [3.63, 3.8) is 0 Å². The molecule has 0 saturated heterocycles. The molecule has 2 heterocycles. The Labute approximate surface area is 105 Å². The molecule has 2 aromatic rings. The van der Waals surface area contributed by atoms with E-state index in [1.807, 2.05) is 26.0 Å². The Morgan fingerprint density at radius 2 is 2.33 bits per heavy atom. The van der Waals surface area contributed by atoms with Gasteiger partial charge in [-0.05, 0) is 25.5 Å². The first-order valence-corrected chi connectivity index (χ1v) is 5.78. The summed E-state index contributed by atoms with van der Waals surface area (Å²) < 4.78 is 5.35. The summed E-state index contributed by atoms with van der Waals surface area (Å²) in [4.78, 5) is 11.9. The molecule has 0 saturated carbocycles.